The van der Waals surface area contributed by atoms with Crippen LogP contribution in [-0.4, -0.2) is 39.4 Å². The van der Waals surface area contributed by atoms with Crippen LogP contribution in [0, 0.1) is 0 Å². The largest absolute Gasteiger partial charge is 0.494 e. The highest BCUT2D eigenvalue weighted by Gasteiger charge is 2.38. The lowest BCUT2D eigenvalue weighted by Crippen LogP contribution is -2.45. The van der Waals surface area contributed by atoms with Crippen LogP contribution in [0.25, 0.3) is 5.69 Å². The third-order valence-electron chi connectivity index (χ3n) is 5.48. The molecule has 0 radical (unpaired) electrons. The second kappa shape index (κ2) is 9.66. The van der Waals surface area contributed by atoms with Crippen molar-refractivity contribution in [3.05, 3.63) is 65.5 Å². The number of halogens is 3. The molecule has 2 unspecified atom stereocenters. The lowest BCUT2D eigenvalue weighted by atomic mass is 9.92. The van der Waals surface area contributed by atoms with Crippen molar-refractivity contribution in [2.75, 3.05) is 13.2 Å². The van der Waals surface area contributed by atoms with Gasteiger partial charge in [0.15, 0.2) is 0 Å². The Morgan fingerprint density at radius 2 is 2.00 bits per heavy atom. The number of ether oxygens (including phenoxy) is 1. The Balaban J connectivity index is 1.58. The van der Waals surface area contributed by atoms with Crippen LogP contribution in [0.4, 0.5) is 13.2 Å². The number of alkyl halides is 3. The number of rotatable bonds is 7. The van der Waals surface area contributed by atoms with Crippen molar-refractivity contribution in [2.45, 2.75) is 44.6 Å². The van der Waals surface area contributed by atoms with Crippen LogP contribution in [-0.2, 0) is 12.7 Å². The molecule has 1 aromatic heterocycles. The second-order valence-electron chi connectivity index (χ2n) is 7.61. The average Bonchev–Trinajstić information content (AvgIpc) is 3.30. The number of hydrogen-bond acceptors (Lipinski definition) is 6. The molecule has 0 amide bonds. The van der Waals surface area contributed by atoms with Crippen molar-refractivity contribution in [3.63, 3.8) is 0 Å². The van der Waals surface area contributed by atoms with E-state index in [1.54, 1.807) is 12.1 Å². The quantitative estimate of drug-likeness (QED) is 0.577. The minimum absolute atomic E-state index is 0.153. The highest BCUT2D eigenvalue weighted by molar-refractivity contribution is 5.44. The summed E-state index contributed by atoms with van der Waals surface area (Å²) in [4.78, 5) is 0. The molecule has 2 aromatic carbocycles. The van der Waals surface area contributed by atoms with Crippen molar-refractivity contribution >= 4 is 0 Å². The number of benzene rings is 2. The third kappa shape index (κ3) is 4.91. The van der Waals surface area contributed by atoms with E-state index < -0.39 is 12.0 Å². The maximum absolute atomic E-state index is 13.3. The fraction of sp³-hybridized carbons (Fsp3) is 0.409. The first kappa shape index (κ1) is 22.2. The summed E-state index contributed by atoms with van der Waals surface area (Å²) >= 11 is 0. The number of piperidine rings is 1. The first-order valence-electron chi connectivity index (χ1n) is 10.6. The van der Waals surface area contributed by atoms with Crippen molar-refractivity contribution in [3.8, 4) is 11.4 Å². The molecule has 0 saturated carbocycles. The van der Waals surface area contributed by atoms with Crippen molar-refractivity contribution in [2.24, 2.45) is 0 Å². The fourth-order valence-electron chi connectivity index (χ4n) is 4.03. The molecule has 4 rings (SSSR count). The number of aromatic nitrogens is 4. The zero-order valence-electron chi connectivity index (χ0n) is 17.6. The molecule has 1 aliphatic rings. The molecule has 170 valence electrons. The monoisotopic (exact) mass is 446 g/mol. The fourth-order valence-corrected chi connectivity index (χ4v) is 4.03. The van der Waals surface area contributed by atoms with E-state index in [1.807, 2.05) is 25.1 Å². The van der Waals surface area contributed by atoms with E-state index >= 15 is 0 Å². The predicted molar refractivity (Wildman–Crippen MR) is 112 cm³/mol. The smallest absolute Gasteiger partial charge is 0.453 e. The van der Waals surface area contributed by atoms with E-state index in [0.717, 1.165) is 24.9 Å². The van der Waals surface area contributed by atoms with Crippen LogP contribution in [0.3, 0.4) is 0 Å². The van der Waals surface area contributed by atoms with Crippen molar-refractivity contribution in [1.82, 2.24) is 30.8 Å². The summed E-state index contributed by atoms with van der Waals surface area (Å²) in [6.45, 7) is 3.69. The topological polar surface area (TPSA) is 76.9 Å². The summed E-state index contributed by atoms with van der Waals surface area (Å²) in [6, 6.07) is 15.4. The summed E-state index contributed by atoms with van der Waals surface area (Å²) in [5.41, 5.74) is 2.17. The standard InChI is InChI=1S/C22H25F3N6O/c1-2-32-19-11-10-17(31-21(22(23,24)25)28-29-30-31)13-16(19)14-27-18-9-6-12-26-20(18)15-7-4-3-5-8-15/h3-5,7-8,10-11,13,18,20,26-27H,2,6,9,12,14H2,1H3. The summed E-state index contributed by atoms with van der Waals surface area (Å²) in [5.74, 6) is -0.549. The van der Waals surface area contributed by atoms with Crippen LogP contribution in [0.1, 0.15) is 42.8 Å². The first-order chi connectivity index (χ1) is 15.5. The Morgan fingerprint density at radius 1 is 1.19 bits per heavy atom. The molecule has 1 fully saturated rings. The van der Waals surface area contributed by atoms with Gasteiger partial charge in [0.25, 0.3) is 5.82 Å². The Hall–Kier alpha value is -2.98. The van der Waals surface area contributed by atoms with Gasteiger partial charge in [0.05, 0.1) is 12.3 Å². The van der Waals surface area contributed by atoms with Crippen molar-refractivity contribution < 1.29 is 17.9 Å². The molecule has 0 aliphatic carbocycles. The molecule has 2 atom stereocenters. The molecule has 2 N–H and O–H groups in total. The van der Waals surface area contributed by atoms with Crippen LogP contribution < -0.4 is 15.4 Å². The average molecular weight is 446 g/mol. The van der Waals surface area contributed by atoms with Crippen LogP contribution in [0.15, 0.2) is 48.5 Å². The maximum Gasteiger partial charge on any atom is 0.453 e. The summed E-state index contributed by atoms with van der Waals surface area (Å²) in [6.07, 6.45) is -2.63. The van der Waals surface area contributed by atoms with Crippen LogP contribution in [0.5, 0.6) is 5.75 Å². The molecule has 0 bridgehead atoms. The molecule has 2 heterocycles. The Kier molecular flexibility index (Phi) is 6.71. The number of hydrogen-bond donors (Lipinski definition) is 2. The van der Waals surface area contributed by atoms with E-state index in [1.165, 1.54) is 11.6 Å². The van der Waals surface area contributed by atoms with Crippen LogP contribution >= 0.6 is 0 Å². The molecule has 0 spiro atoms. The number of tetrazole rings is 1. The molecule has 7 nitrogen and oxygen atoms in total. The molecule has 3 aromatic rings. The zero-order chi connectivity index (χ0) is 22.6. The van der Waals surface area contributed by atoms with E-state index in [9.17, 15) is 13.2 Å². The third-order valence-corrected chi connectivity index (χ3v) is 5.48. The van der Waals surface area contributed by atoms with Gasteiger partial charge < -0.3 is 15.4 Å². The second-order valence-corrected chi connectivity index (χ2v) is 7.61. The van der Waals surface area contributed by atoms with Gasteiger partial charge in [-0.15, -0.1) is 5.10 Å². The predicted octanol–water partition coefficient (Wildman–Crippen LogP) is 3.66. The van der Waals surface area contributed by atoms with Gasteiger partial charge in [0, 0.05) is 24.2 Å². The lowest BCUT2D eigenvalue weighted by molar-refractivity contribution is -0.146. The highest BCUT2D eigenvalue weighted by atomic mass is 19.4. The van der Waals surface area contributed by atoms with Gasteiger partial charge >= 0.3 is 6.18 Å². The Labute approximate surface area is 184 Å². The van der Waals surface area contributed by atoms with Gasteiger partial charge in [-0.2, -0.15) is 17.9 Å². The number of nitrogens with zero attached hydrogens (tertiary/aromatic N) is 4. The molecule has 10 heteroatoms. The summed E-state index contributed by atoms with van der Waals surface area (Å²) in [5, 5.41) is 17.0. The van der Waals surface area contributed by atoms with E-state index in [2.05, 4.69) is 38.3 Å². The van der Waals surface area contributed by atoms with E-state index in [0.29, 0.717) is 23.6 Å². The van der Waals surface area contributed by atoms with Gasteiger partial charge in [0.2, 0.25) is 0 Å². The molecule has 1 aliphatic heterocycles. The normalized spacial score (nSPS) is 19.1. The lowest BCUT2D eigenvalue weighted by Gasteiger charge is -2.34. The highest BCUT2D eigenvalue weighted by Crippen LogP contribution is 2.30. The summed E-state index contributed by atoms with van der Waals surface area (Å²) in [7, 11) is 0. The Bertz CT molecular complexity index is 1020. The summed E-state index contributed by atoms with van der Waals surface area (Å²) < 4.78 is 46.2. The minimum Gasteiger partial charge on any atom is -0.494 e. The van der Waals surface area contributed by atoms with Gasteiger partial charge in [-0.05, 0) is 60.5 Å². The molecular weight excluding hydrogens is 421 g/mol. The SMILES string of the molecule is CCOc1ccc(-n2nnnc2C(F)(F)F)cc1CNC1CCCNC1c1ccccc1. The van der Waals surface area contributed by atoms with Gasteiger partial charge in [0.1, 0.15) is 5.75 Å². The maximum atomic E-state index is 13.3. The van der Waals surface area contributed by atoms with Crippen LogP contribution in [0.2, 0.25) is 0 Å². The minimum atomic E-state index is -4.66. The zero-order valence-corrected chi connectivity index (χ0v) is 17.6. The van der Waals surface area contributed by atoms with E-state index in [4.69, 9.17) is 4.74 Å². The Morgan fingerprint density at radius 3 is 2.75 bits per heavy atom. The molecule has 32 heavy (non-hydrogen) atoms. The first-order valence-corrected chi connectivity index (χ1v) is 10.6. The van der Waals surface area contributed by atoms with E-state index in [-0.39, 0.29) is 17.8 Å². The van der Waals surface area contributed by atoms with Crippen molar-refractivity contribution in [1.29, 1.82) is 0 Å². The van der Waals surface area contributed by atoms with Gasteiger partial charge in [-0.25, -0.2) is 0 Å². The molecular formula is C22H25F3N6O. The van der Waals surface area contributed by atoms with Gasteiger partial charge in [-0.3, -0.25) is 0 Å². The van der Waals surface area contributed by atoms with Gasteiger partial charge in [-0.1, -0.05) is 30.3 Å². The molecule has 1 saturated heterocycles. The number of nitrogens with one attached hydrogen (secondary N) is 2.